The highest BCUT2D eigenvalue weighted by Gasteiger charge is 2.42. The topological polar surface area (TPSA) is 34.1 Å². The van der Waals surface area contributed by atoms with Gasteiger partial charge in [0.2, 0.25) is 6.23 Å². The Morgan fingerprint density at radius 2 is 1.83 bits per heavy atom. The molecule has 2 atom stereocenters. The standard InChI is InChI=1S/C23H17BrCl2N2O2/c1-29-21-5-3-2-4-16(21)23-28-20(17-10-15(25)11-18(26)22(17)30-23)12-19(27-28)13-6-8-14(24)9-7-13/h2-11,20,23H,12H2,1H3/t20-,23-/m0/s1. The minimum Gasteiger partial charge on any atom is -0.496 e. The second-order valence-electron chi connectivity index (χ2n) is 7.17. The maximum atomic E-state index is 6.53. The lowest BCUT2D eigenvalue weighted by atomic mass is 9.95. The summed E-state index contributed by atoms with van der Waals surface area (Å²) in [5.74, 6) is 1.38. The average Bonchev–Trinajstić information content (AvgIpc) is 3.19. The van der Waals surface area contributed by atoms with E-state index >= 15 is 0 Å². The summed E-state index contributed by atoms with van der Waals surface area (Å²) in [7, 11) is 1.65. The molecule has 0 aromatic heterocycles. The number of hydrogen-bond donors (Lipinski definition) is 0. The summed E-state index contributed by atoms with van der Waals surface area (Å²) in [6.07, 6.45) is 0.255. The third-order valence-electron chi connectivity index (χ3n) is 5.39. The molecule has 7 heteroatoms. The lowest BCUT2D eigenvalue weighted by Crippen LogP contribution is -2.34. The lowest BCUT2D eigenvalue weighted by Gasteiger charge is -2.39. The van der Waals surface area contributed by atoms with Gasteiger partial charge in [0.1, 0.15) is 11.5 Å². The van der Waals surface area contributed by atoms with Gasteiger partial charge in [-0.25, -0.2) is 5.01 Å². The normalized spacial score (nSPS) is 19.6. The molecule has 0 bridgehead atoms. The molecule has 4 nitrogen and oxygen atoms in total. The first kappa shape index (κ1) is 19.7. The summed E-state index contributed by atoms with van der Waals surface area (Å²) in [6, 6.07) is 19.5. The summed E-state index contributed by atoms with van der Waals surface area (Å²) in [5.41, 5.74) is 3.89. The quantitative estimate of drug-likeness (QED) is 0.385. The van der Waals surface area contributed by atoms with E-state index in [9.17, 15) is 0 Å². The van der Waals surface area contributed by atoms with Gasteiger partial charge in [0, 0.05) is 21.5 Å². The third-order valence-corrected chi connectivity index (χ3v) is 6.42. The molecule has 0 unspecified atom stereocenters. The molecule has 0 saturated heterocycles. The highest BCUT2D eigenvalue weighted by molar-refractivity contribution is 9.10. The van der Waals surface area contributed by atoms with Crippen LogP contribution in [0, 0.1) is 0 Å². The molecule has 152 valence electrons. The largest absolute Gasteiger partial charge is 0.496 e. The van der Waals surface area contributed by atoms with Crippen molar-refractivity contribution in [1.82, 2.24) is 5.01 Å². The number of para-hydroxylation sites is 1. The van der Waals surface area contributed by atoms with Gasteiger partial charge in [-0.3, -0.25) is 0 Å². The summed E-state index contributed by atoms with van der Waals surface area (Å²) in [6.45, 7) is 0. The summed E-state index contributed by atoms with van der Waals surface area (Å²) >= 11 is 16.4. The fourth-order valence-corrected chi connectivity index (χ4v) is 4.82. The minimum atomic E-state index is -0.467. The molecule has 0 saturated carbocycles. The van der Waals surface area contributed by atoms with Gasteiger partial charge < -0.3 is 9.47 Å². The Hall–Kier alpha value is -2.21. The SMILES string of the molecule is COc1ccccc1[C@@H]1Oc2c(Cl)cc(Cl)cc2[C@@H]2CC(c3ccc(Br)cc3)=NN21. The number of nitrogens with zero attached hydrogens (tertiary/aromatic N) is 2. The van der Waals surface area contributed by atoms with Crippen LogP contribution < -0.4 is 9.47 Å². The molecule has 30 heavy (non-hydrogen) atoms. The fourth-order valence-electron chi connectivity index (χ4n) is 4.01. The zero-order chi connectivity index (χ0) is 20.8. The Balaban J connectivity index is 1.65. The molecule has 3 aromatic rings. The second kappa shape index (κ2) is 7.80. The molecule has 0 amide bonds. The van der Waals surface area contributed by atoms with Crippen molar-refractivity contribution in [3.05, 3.63) is 91.9 Å². The van der Waals surface area contributed by atoms with Crippen LogP contribution in [0.2, 0.25) is 10.0 Å². The zero-order valence-electron chi connectivity index (χ0n) is 16.0. The molecule has 0 aliphatic carbocycles. The van der Waals surface area contributed by atoms with Gasteiger partial charge in [-0.05, 0) is 42.0 Å². The van der Waals surface area contributed by atoms with Crippen LogP contribution in [-0.2, 0) is 0 Å². The minimum absolute atomic E-state index is 0.0430. The Kier molecular flexibility index (Phi) is 5.13. The van der Waals surface area contributed by atoms with E-state index in [-0.39, 0.29) is 6.04 Å². The highest BCUT2D eigenvalue weighted by atomic mass is 79.9. The van der Waals surface area contributed by atoms with Crippen LogP contribution in [0.4, 0.5) is 0 Å². The maximum Gasteiger partial charge on any atom is 0.217 e. The Morgan fingerprint density at radius 3 is 2.60 bits per heavy atom. The van der Waals surface area contributed by atoms with Gasteiger partial charge >= 0.3 is 0 Å². The predicted molar refractivity (Wildman–Crippen MR) is 123 cm³/mol. The third kappa shape index (κ3) is 3.35. The van der Waals surface area contributed by atoms with Gasteiger partial charge in [-0.15, -0.1) is 0 Å². The summed E-state index contributed by atoms with van der Waals surface area (Å²) in [5, 5.41) is 8.03. The molecule has 0 N–H and O–H groups in total. The van der Waals surface area contributed by atoms with Crippen LogP contribution >= 0.6 is 39.1 Å². The van der Waals surface area contributed by atoms with Crippen molar-refractivity contribution in [3.63, 3.8) is 0 Å². The Morgan fingerprint density at radius 1 is 1.07 bits per heavy atom. The van der Waals surface area contributed by atoms with E-state index in [0.717, 1.165) is 39.0 Å². The van der Waals surface area contributed by atoms with Crippen LogP contribution in [0.15, 0.2) is 70.2 Å². The number of hydrazone groups is 1. The Bertz CT molecular complexity index is 1150. The first-order chi connectivity index (χ1) is 14.5. The van der Waals surface area contributed by atoms with Crippen molar-refractivity contribution in [2.24, 2.45) is 5.10 Å². The van der Waals surface area contributed by atoms with Crippen LogP contribution in [0.25, 0.3) is 0 Å². The lowest BCUT2D eigenvalue weighted by molar-refractivity contribution is -0.0202. The fraction of sp³-hybridized carbons (Fsp3) is 0.174. The number of rotatable bonds is 3. The molecule has 2 aliphatic heterocycles. The molecule has 0 radical (unpaired) electrons. The summed E-state index contributed by atoms with van der Waals surface area (Å²) in [4.78, 5) is 0. The van der Waals surface area contributed by atoms with Crippen molar-refractivity contribution >= 4 is 44.8 Å². The molecule has 2 aliphatic rings. The second-order valence-corrected chi connectivity index (χ2v) is 8.93. The van der Waals surface area contributed by atoms with Gasteiger partial charge in [-0.1, -0.05) is 63.4 Å². The zero-order valence-corrected chi connectivity index (χ0v) is 19.1. The van der Waals surface area contributed by atoms with Gasteiger partial charge in [0.25, 0.3) is 0 Å². The number of methoxy groups -OCH3 is 1. The van der Waals surface area contributed by atoms with Gasteiger partial charge in [0.15, 0.2) is 0 Å². The number of hydrogen-bond acceptors (Lipinski definition) is 4. The van der Waals surface area contributed by atoms with Crippen molar-refractivity contribution in [2.45, 2.75) is 18.7 Å². The van der Waals surface area contributed by atoms with Crippen LogP contribution in [0.1, 0.15) is 35.4 Å². The molecule has 2 heterocycles. The first-order valence-corrected chi connectivity index (χ1v) is 11.0. The smallest absolute Gasteiger partial charge is 0.217 e. The van der Waals surface area contributed by atoms with E-state index < -0.39 is 6.23 Å². The van der Waals surface area contributed by atoms with Crippen LogP contribution in [-0.4, -0.2) is 17.8 Å². The van der Waals surface area contributed by atoms with Crippen LogP contribution in [0.5, 0.6) is 11.5 Å². The highest BCUT2D eigenvalue weighted by Crippen LogP contribution is 2.51. The molecule has 5 rings (SSSR count). The maximum absolute atomic E-state index is 6.53. The number of halogens is 3. The molecular formula is C23H17BrCl2N2O2. The molecule has 3 aromatic carbocycles. The number of benzene rings is 3. The van der Waals surface area contributed by atoms with E-state index in [4.69, 9.17) is 37.8 Å². The molecular weight excluding hydrogens is 487 g/mol. The number of ether oxygens (including phenoxy) is 2. The monoisotopic (exact) mass is 502 g/mol. The van der Waals surface area contributed by atoms with E-state index in [2.05, 4.69) is 28.1 Å². The Labute approximate surface area is 193 Å². The van der Waals surface area contributed by atoms with Gasteiger partial charge in [-0.2, -0.15) is 5.10 Å². The van der Waals surface area contributed by atoms with E-state index in [1.54, 1.807) is 13.2 Å². The van der Waals surface area contributed by atoms with Crippen molar-refractivity contribution in [1.29, 1.82) is 0 Å². The average molecular weight is 504 g/mol. The van der Waals surface area contributed by atoms with Crippen molar-refractivity contribution in [3.8, 4) is 11.5 Å². The van der Waals surface area contributed by atoms with E-state index in [1.807, 2.05) is 47.5 Å². The van der Waals surface area contributed by atoms with Crippen LogP contribution in [0.3, 0.4) is 0 Å². The van der Waals surface area contributed by atoms with E-state index in [1.165, 1.54) is 0 Å². The van der Waals surface area contributed by atoms with Crippen molar-refractivity contribution < 1.29 is 9.47 Å². The number of fused-ring (bicyclic) bond motifs is 3. The van der Waals surface area contributed by atoms with Gasteiger partial charge in [0.05, 0.1) is 29.4 Å². The van der Waals surface area contributed by atoms with Crippen molar-refractivity contribution in [2.75, 3.05) is 7.11 Å². The van der Waals surface area contributed by atoms with E-state index in [0.29, 0.717) is 15.8 Å². The first-order valence-electron chi connectivity index (χ1n) is 9.45. The predicted octanol–water partition coefficient (Wildman–Crippen LogP) is 7.01. The molecule has 0 fully saturated rings. The summed E-state index contributed by atoms with van der Waals surface area (Å²) < 4.78 is 13.0. The molecule has 0 spiro atoms.